The smallest absolute Gasteiger partial charge is 0.223 e. The second-order valence-corrected chi connectivity index (χ2v) is 8.43. The first kappa shape index (κ1) is 19.9. The molecule has 1 atom stereocenters. The summed E-state index contributed by atoms with van der Waals surface area (Å²) in [5.41, 5.74) is 1.24. The summed E-state index contributed by atoms with van der Waals surface area (Å²) in [7, 11) is 0. The van der Waals surface area contributed by atoms with E-state index in [2.05, 4.69) is 16.8 Å². The zero-order chi connectivity index (χ0) is 19.2. The Labute approximate surface area is 164 Å². The van der Waals surface area contributed by atoms with Gasteiger partial charge in [-0.2, -0.15) is 0 Å². The number of carbonyl (C=O) groups excluding carboxylic acids is 3. The molecule has 1 saturated heterocycles. The molecular weight excluding hydrogens is 362 g/mol. The van der Waals surface area contributed by atoms with E-state index >= 15 is 0 Å². The average molecular weight is 392 g/mol. The molecule has 0 aromatic carbocycles. The molecule has 3 heterocycles. The van der Waals surface area contributed by atoms with Crippen molar-refractivity contribution in [3.8, 4) is 0 Å². The fourth-order valence-electron chi connectivity index (χ4n) is 3.84. The first-order valence-corrected chi connectivity index (χ1v) is 10.8. The molecule has 0 aliphatic carbocycles. The van der Waals surface area contributed by atoms with Crippen LogP contribution in [0, 0.1) is 0 Å². The summed E-state index contributed by atoms with van der Waals surface area (Å²) in [5, 5.41) is 5.10. The van der Waals surface area contributed by atoms with Crippen LogP contribution in [0.4, 0.5) is 0 Å². The van der Waals surface area contributed by atoms with Crippen molar-refractivity contribution in [1.29, 1.82) is 0 Å². The van der Waals surface area contributed by atoms with E-state index in [-0.39, 0.29) is 36.6 Å². The minimum atomic E-state index is 0.0195. The maximum atomic E-state index is 12.5. The second kappa shape index (κ2) is 9.35. The van der Waals surface area contributed by atoms with Crippen LogP contribution in [0.2, 0.25) is 0 Å². The molecule has 2 aliphatic rings. The van der Waals surface area contributed by atoms with Gasteiger partial charge in [0, 0.05) is 56.4 Å². The highest BCUT2D eigenvalue weighted by Crippen LogP contribution is 2.24. The monoisotopic (exact) mass is 391 g/mol. The van der Waals surface area contributed by atoms with Gasteiger partial charge in [-0.1, -0.05) is 6.92 Å². The fourth-order valence-corrected chi connectivity index (χ4v) is 4.73. The predicted octanol–water partition coefficient (Wildman–Crippen LogP) is 2.32. The molecule has 1 aromatic rings. The number of carbonyl (C=O) groups is 3. The minimum Gasteiger partial charge on any atom is -0.352 e. The zero-order valence-corrected chi connectivity index (χ0v) is 16.9. The lowest BCUT2D eigenvalue weighted by atomic mass is 10.0. The number of nitrogens with one attached hydrogen (secondary N) is 1. The Balaban J connectivity index is 1.43. The Bertz CT molecular complexity index is 688. The molecule has 1 fully saturated rings. The van der Waals surface area contributed by atoms with Crippen LogP contribution in [0.3, 0.4) is 0 Å². The molecule has 7 heteroatoms. The van der Waals surface area contributed by atoms with Crippen LogP contribution in [0.15, 0.2) is 11.4 Å². The molecule has 1 N–H and O–H groups in total. The Hall–Kier alpha value is -1.89. The Morgan fingerprint density at radius 1 is 1.15 bits per heavy atom. The molecule has 1 aromatic heterocycles. The van der Waals surface area contributed by atoms with Crippen LogP contribution in [-0.4, -0.2) is 53.2 Å². The standard InChI is InChI=1S/C20H29N3O3S/c1-2-4-18(24)21-16-5-3-10-22(14-16)19(25)6-7-20(26)23-11-8-17-15(13-23)9-12-27-17/h9,12,16H,2-8,10-11,13-14H2,1H3,(H,21,24). The zero-order valence-electron chi connectivity index (χ0n) is 16.0. The topological polar surface area (TPSA) is 69.7 Å². The fraction of sp³-hybridized carbons (Fsp3) is 0.650. The van der Waals surface area contributed by atoms with Crippen molar-refractivity contribution in [2.24, 2.45) is 0 Å². The quantitative estimate of drug-likeness (QED) is 0.809. The third kappa shape index (κ3) is 5.31. The summed E-state index contributed by atoms with van der Waals surface area (Å²) in [6.07, 6.45) is 4.59. The maximum Gasteiger partial charge on any atom is 0.223 e. The van der Waals surface area contributed by atoms with Gasteiger partial charge in [0.2, 0.25) is 17.7 Å². The molecule has 0 saturated carbocycles. The minimum absolute atomic E-state index is 0.0195. The number of amides is 3. The number of fused-ring (bicyclic) bond motifs is 1. The van der Waals surface area contributed by atoms with Gasteiger partial charge in [0.05, 0.1) is 0 Å². The Morgan fingerprint density at radius 2 is 1.93 bits per heavy atom. The molecule has 27 heavy (non-hydrogen) atoms. The van der Waals surface area contributed by atoms with E-state index in [1.54, 1.807) is 16.2 Å². The van der Waals surface area contributed by atoms with E-state index in [0.717, 1.165) is 38.8 Å². The SMILES string of the molecule is CCCC(=O)NC1CCCN(C(=O)CCC(=O)N2CCc3sccc3C2)C1. The number of rotatable bonds is 6. The summed E-state index contributed by atoms with van der Waals surface area (Å²) >= 11 is 1.75. The number of piperidine rings is 1. The van der Waals surface area contributed by atoms with Crippen LogP contribution in [-0.2, 0) is 27.3 Å². The highest BCUT2D eigenvalue weighted by Gasteiger charge is 2.26. The summed E-state index contributed by atoms with van der Waals surface area (Å²) < 4.78 is 0. The van der Waals surface area contributed by atoms with Gasteiger partial charge in [-0.15, -0.1) is 11.3 Å². The summed E-state index contributed by atoms with van der Waals surface area (Å²) in [6, 6.07) is 2.13. The first-order valence-electron chi connectivity index (χ1n) is 9.97. The average Bonchev–Trinajstić information content (AvgIpc) is 3.14. The molecule has 1 unspecified atom stereocenters. The van der Waals surface area contributed by atoms with E-state index in [4.69, 9.17) is 0 Å². The molecular formula is C20H29N3O3S. The highest BCUT2D eigenvalue weighted by atomic mass is 32.1. The van der Waals surface area contributed by atoms with E-state index in [9.17, 15) is 14.4 Å². The van der Waals surface area contributed by atoms with Gasteiger partial charge in [-0.3, -0.25) is 14.4 Å². The van der Waals surface area contributed by atoms with Gasteiger partial charge >= 0.3 is 0 Å². The van der Waals surface area contributed by atoms with Crippen molar-refractivity contribution in [2.75, 3.05) is 19.6 Å². The van der Waals surface area contributed by atoms with Gasteiger partial charge in [0.15, 0.2) is 0 Å². The largest absolute Gasteiger partial charge is 0.352 e. The van der Waals surface area contributed by atoms with E-state index in [1.807, 2.05) is 11.8 Å². The highest BCUT2D eigenvalue weighted by molar-refractivity contribution is 7.10. The van der Waals surface area contributed by atoms with Crippen LogP contribution < -0.4 is 5.32 Å². The summed E-state index contributed by atoms with van der Waals surface area (Å²) in [6.45, 7) is 4.67. The number of likely N-dealkylation sites (tertiary alicyclic amines) is 1. The van der Waals surface area contributed by atoms with Crippen LogP contribution in [0.25, 0.3) is 0 Å². The lowest BCUT2D eigenvalue weighted by molar-refractivity contribution is -0.138. The molecule has 2 aliphatic heterocycles. The molecule has 3 amide bonds. The van der Waals surface area contributed by atoms with Crippen molar-refractivity contribution in [1.82, 2.24) is 15.1 Å². The van der Waals surface area contributed by atoms with Crippen molar-refractivity contribution in [2.45, 2.75) is 64.5 Å². The molecule has 3 rings (SSSR count). The third-order valence-electron chi connectivity index (χ3n) is 5.33. The van der Waals surface area contributed by atoms with E-state index in [1.165, 1.54) is 10.4 Å². The number of nitrogens with zero attached hydrogens (tertiary/aromatic N) is 2. The third-order valence-corrected chi connectivity index (χ3v) is 6.35. The van der Waals surface area contributed by atoms with Gasteiger partial charge in [0.25, 0.3) is 0 Å². The van der Waals surface area contributed by atoms with E-state index < -0.39 is 0 Å². The van der Waals surface area contributed by atoms with Crippen molar-refractivity contribution in [3.63, 3.8) is 0 Å². The lowest BCUT2D eigenvalue weighted by Crippen LogP contribution is -2.49. The van der Waals surface area contributed by atoms with Crippen molar-refractivity contribution in [3.05, 3.63) is 21.9 Å². The van der Waals surface area contributed by atoms with Crippen molar-refractivity contribution >= 4 is 29.1 Å². The Morgan fingerprint density at radius 3 is 2.70 bits per heavy atom. The van der Waals surface area contributed by atoms with E-state index in [0.29, 0.717) is 19.5 Å². The van der Waals surface area contributed by atoms with Gasteiger partial charge in [0.1, 0.15) is 0 Å². The number of thiophene rings is 1. The summed E-state index contributed by atoms with van der Waals surface area (Å²) in [4.78, 5) is 41.9. The van der Waals surface area contributed by atoms with Crippen LogP contribution in [0.5, 0.6) is 0 Å². The lowest BCUT2D eigenvalue weighted by Gasteiger charge is -2.33. The first-order chi connectivity index (χ1) is 13.1. The van der Waals surface area contributed by atoms with Crippen LogP contribution >= 0.6 is 11.3 Å². The molecule has 6 nitrogen and oxygen atoms in total. The molecule has 0 radical (unpaired) electrons. The molecule has 0 bridgehead atoms. The van der Waals surface area contributed by atoms with Crippen LogP contribution in [0.1, 0.15) is 55.9 Å². The molecule has 0 spiro atoms. The van der Waals surface area contributed by atoms with Gasteiger partial charge in [-0.05, 0) is 42.7 Å². The maximum absolute atomic E-state index is 12.5. The molecule has 148 valence electrons. The predicted molar refractivity (Wildman–Crippen MR) is 105 cm³/mol. The second-order valence-electron chi connectivity index (χ2n) is 7.43. The number of hydrogen-bond acceptors (Lipinski definition) is 4. The number of hydrogen-bond donors (Lipinski definition) is 1. The van der Waals surface area contributed by atoms with Gasteiger partial charge in [-0.25, -0.2) is 0 Å². The van der Waals surface area contributed by atoms with Crippen molar-refractivity contribution < 1.29 is 14.4 Å². The van der Waals surface area contributed by atoms with Gasteiger partial charge < -0.3 is 15.1 Å². The summed E-state index contributed by atoms with van der Waals surface area (Å²) in [5.74, 6) is 0.140. The Kier molecular flexibility index (Phi) is 6.88. The normalized spacial score (nSPS) is 19.5.